The maximum atomic E-state index is 12.1. The summed E-state index contributed by atoms with van der Waals surface area (Å²) < 4.78 is 0.995. The van der Waals surface area contributed by atoms with Gasteiger partial charge in [-0.15, -0.1) is 11.3 Å². The summed E-state index contributed by atoms with van der Waals surface area (Å²) >= 11 is 6.25. The number of carbonyl (C=O) groups is 2. The zero-order valence-electron chi connectivity index (χ0n) is 13.9. The van der Waals surface area contributed by atoms with E-state index in [4.69, 9.17) is 10.2 Å². The Morgan fingerprint density at radius 2 is 2.07 bits per heavy atom. The minimum atomic E-state index is -1.01. The first-order valence-electron chi connectivity index (χ1n) is 8.18. The minimum absolute atomic E-state index is 0.0497. The Bertz CT molecular complexity index is 941. The number of benzene rings is 1. The number of amides is 1. The van der Waals surface area contributed by atoms with Crippen LogP contribution in [0.5, 0.6) is 0 Å². The predicted octanol–water partition coefficient (Wildman–Crippen LogP) is 4.13. The summed E-state index contributed by atoms with van der Waals surface area (Å²) in [6.45, 7) is 0. The van der Waals surface area contributed by atoms with Gasteiger partial charge in [0.05, 0.1) is 18.2 Å². The lowest BCUT2D eigenvalue weighted by Crippen LogP contribution is -2.23. The van der Waals surface area contributed by atoms with Crippen LogP contribution < -0.4 is 0 Å². The van der Waals surface area contributed by atoms with Gasteiger partial charge in [0.25, 0.3) is 5.91 Å². The number of hydrazone groups is 1. The first kappa shape index (κ1) is 18.4. The van der Waals surface area contributed by atoms with Gasteiger partial charge in [-0.3, -0.25) is 9.59 Å². The van der Waals surface area contributed by atoms with Crippen LogP contribution >= 0.6 is 39.0 Å². The van der Waals surface area contributed by atoms with Crippen LogP contribution in [0.4, 0.5) is 0 Å². The van der Waals surface area contributed by atoms with Gasteiger partial charge >= 0.3 is 5.97 Å². The summed E-state index contributed by atoms with van der Waals surface area (Å²) in [4.78, 5) is 28.3. The Hall–Kier alpha value is -1.97. The summed E-state index contributed by atoms with van der Waals surface area (Å²) in [5.74, 6) is -1.41. The van der Waals surface area contributed by atoms with Gasteiger partial charge in [-0.2, -0.15) is 10.1 Å². The first-order valence-corrected chi connectivity index (χ1v) is 10.7. The quantitative estimate of drug-likeness (QED) is 0.736. The largest absolute Gasteiger partial charge is 0.481 e. The lowest BCUT2D eigenvalue weighted by atomic mass is 10.0. The second-order valence-corrected chi connectivity index (χ2v) is 9.14. The van der Waals surface area contributed by atoms with E-state index in [0.717, 1.165) is 20.6 Å². The number of halogens is 1. The molecule has 6 nitrogen and oxygen atoms in total. The molecular weight excluding hydrogens is 450 g/mol. The SMILES string of the molecule is O=C(O)CC1SC(N2N=C(c3ccc(Br)cc3)CC2c2cccs2)=NC1=O. The molecule has 2 unspecified atom stereocenters. The molecule has 2 aromatic rings. The van der Waals surface area contributed by atoms with Crippen molar-refractivity contribution in [3.8, 4) is 0 Å². The molecular formula is C18H14BrN3O3S2. The van der Waals surface area contributed by atoms with Crippen LogP contribution in [0.2, 0.25) is 0 Å². The zero-order valence-corrected chi connectivity index (χ0v) is 17.1. The third-order valence-electron chi connectivity index (χ3n) is 4.24. The van der Waals surface area contributed by atoms with Gasteiger partial charge in [-0.1, -0.05) is 45.9 Å². The lowest BCUT2D eigenvalue weighted by molar-refractivity contribution is -0.138. The standard InChI is InChI=1S/C18H14BrN3O3S2/c19-11-5-3-10(4-6-11)12-8-13(14-2-1-7-26-14)22(21-12)18-20-17(25)15(27-18)9-16(23)24/h1-7,13,15H,8-9H2,(H,23,24). The van der Waals surface area contributed by atoms with Crippen LogP contribution in [0.15, 0.2) is 56.3 Å². The van der Waals surface area contributed by atoms with Crippen molar-refractivity contribution in [1.29, 1.82) is 0 Å². The number of nitrogens with zero attached hydrogens (tertiary/aromatic N) is 3. The highest BCUT2D eigenvalue weighted by molar-refractivity contribution is 9.10. The third-order valence-corrected chi connectivity index (χ3v) is 6.89. The molecule has 2 aliphatic rings. The fourth-order valence-electron chi connectivity index (χ4n) is 2.97. The molecule has 3 heterocycles. The van der Waals surface area contributed by atoms with Gasteiger partial charge < -0.3 is 5.11 Å². The van der Waals surface area contributed by atoms with Crippen LogP contribution in [0, 0.1) is 0 Å². The molecule has 0 bridgehead atoms. The number of thiophene rings is 1. The maximum absolute atomic E-state index is 12.1. The molecule has 1 aromatic heterocycles. The van der Waals surface area contributed by atoms with Crippen LogP contribution in [0.3, 0.4) is 0 Å². The van der Waals surface area contributed by atoms with Crippen molar-refractivity contribution in [3.05, 3.63) is 56.7 Å². The Labute approximate surface area is 172 Å². The fraction of sp³-hybridized carbons (Fsp3) is 0.222. The van der Waals surface area contributed by atoms with Crippen molar-refractivity contribution >= 4 is 61.8 Å². The molecule has 4 rings (SSSR count). The number of hydrogen-bond acceptors (Lipinski definition) is 6. The number of aliphatic carboxylic acids is 1. The third kappa shape index (κ3) is 3.85. The maximum Gasteiger partial charge on any atom is 0.305 e. The summed E-state index contributed by atoms with van der Waals surface area (Å²) in [6.07, 6.45) is 0.455. The van der Waals surface area contributed by atoms with E-state index in [1.807, 2.05) is 41.8 Å². The molecule has 1 amide bonds. The Morgan fingerprint density at radius 1 is 1.30 bits per heavy atom. The Morgan fingerprint density at radius 3 is 2.74 bits per heavy atom. The monoisotopic (exact) mass is 463 g/mol. The van der Waals surface area contributed by atoms with Gasteiger partial charge in [-0.25, -0.2) is 5.01 Å². The molecule has 0 fully saturated rings. The van der Waals surface area contributed by atoms with Gasteiger partial charge in [0, 0.05) is 15.8 Å². The normalized spacial score (nSPS) is 22.1. The molecule has 2 atom stereocenters. The van der Waals surface area contributed by atoms with E-state index < -0.39 is 17.1 Å². The number of amidine groups is 1. The molecule has 1 N–H and O–H groups in total. The molecule has 0 radical (unpaired) electrons. The van der Waals surface area contributed by atoms with E-state index in [9.17, 15) is 9.59 Å². The summed E-state index contributed by atoms with van der Waals surface area (Å²) in [6, 6.07) is 11.9. The van der Waals surface area contributed by atoms with Gasteiger partial charge in [-0.05, 0) is 29.1 Å². The van der Waals surface area contributed by atoms with Crippen LogP contribution in [0.1, 0.15) is 29.3 Å². The summed E-state index contributed by atoms with van der Waals surface area (Å²) in [7, 11) is 0. The van der Waals surface area contributed by atoms with Crippen LogP contribution in [0.25, 0.3) is 0 Å². The molecule has 138 valence electrons. The van der Waals surface area contributed by atoms with Gasteiger partial charge in [0.1, 0.15) is 5.25 Å². The zero-order chi connectivity index (χ0) is 19.0. The van der Waals surface area contributed by atoms with E-state index in [1.165, 1.54) is 11.8 Å². The molecule has 0 saturated carbocycles. The second kappa shape index (κ2) is 7.57. The predicted molar refractivity (Wildman–Crippen MR) is 110 cm³/mol. The average Bonchev–Trinajstić information content (AvgIpc) is 3.35. The molecule has 2 aliphatic heterocycles. The summed E-state index contributed by atoms with van der Waals surface area (Å²) in [5.41, 5.74) is 1.93. The molecule has 0 aliphatic carbocycles. The molecule has 1 aromatic carbocycles. The van der Waals surface area contributed by atoms with E-state index >= 15 is 0 Å². The lowest BCUT2D eigenvalue weighted by Gasteiger charge is -2.21. The van der Waals surface area contributed by atoms with Gasteiger partial charge in [0.2, 0.25) is 0 Å². The van der Waals surface area contributed by atoms with E-state index in [1.54, 1.807) is 16.3 Å². The number of carbonyl (C=O) groups excluding carboxylic acids is 1. The Balaban J connectivity index is 1.65. The number of thioether (sulfide) groups is 1. The molecule has 0 spiro atoms. The smallest absolute Gasteiger partial charge is 0.305 e. The molecule has 0 saturated heterocycles. The first-order chi connectivity index (χ1) is 13.0. The van der Waals surface area contributed by atoms with Crippen molar-refractivity contribution in [1.82, 2.24) is 5.01 Å². The minimum Gasteiger partial charge on any atom is -0.481 e. The fourth-order valence-corrected chi connectivity index (χ4v) is 5.10. The number of rotatable bonds is 4. The van der Waals surface area contributed by atoms with Crippen molar-refractivity contribution in [2.45, 2.75) is 24.1 Å². The van der Waals surface area contributed by atoms with Crippen molar-refractivity contribution < 1.29 is 14.7 Å². The second-order valence-electron chi connectivity index (χ2n) is 6.07. The highest BCUT2D eigenvalue weighted by atomic mass is 79.9. The van der Waals surface area contributed by atoms with E-state index in [-0.39, 0.29) is 12.5 Å². The van der Waals surface area contributed by atoms with Crippen molar-refractivity contribution in [2.24, 2.45) is 10.1 Å². The van der Waals surface area contributed by atoms with Crippen LogP contribution in [-0.4, -0.2) is 38.1 Å². The summed E-state index contributed by atoms with van der Waals surface area (Å²) in [5, 5.41) is 17.3. The van der Waals surface area contributed by atoms with Gasteiger partial charge in [0.15, 0.2) is 5.17 Å². The van der Waals surface area contributed by atoms with Crippen LogP contribution in [-0.2, 0) is 9.59 Å². The topological polar surface area (TPSA) is 82.3 Å². The van der Waals surface area contributed by atoms with Crippen molar-refractivity contribution in [2.75, 3.05) is 0 Å². The van der Waals surface area contributed by atoms with E-state index in [2.05, 4.69) is 20.9 Å². The van der Waals surface area contributed by atoms with E-state index in [0.29, 0.717) is 11.6 Å². The molecule has 27 heavy (non-hydrogen) atoms. The Kier molecular flexibility index (Phi) is 5.16. The highest BCUT2D eigenvalue weighted by Gasteiger charge is 2.39. The van der Waals surface area contributed by atoms with Crippen molar-refractivity contribution in [3.63, 3.8) is 0 Å². The number of hydrogen-bond donors (Lipinski definition) is 1. The number of carboxylic acids is 1. The number of carboxylic acid groups (broad SMARTS) is 1. The highest BCUT2D eigenvalue weighted by Crippen LogP contribution is 2.39. The number of aliphatic imine (C=N–C) groups is 1. The molecule has 9 heteroatoms. The average molecular weight is 464 g/mol.